The molecule has 114 valence electrons. The van der Waals surface area contributed by atoms with E-state index in [1.807, 2.05) is 35.0 Å². The summed E-state index contributed by atoms with van der Waals surface area (Å²) in [6.45, 7) is 1.87. The van der Waals surface area contributed by atoms with Crippen molar-refractivity contribution >= 4 is 40.8 Å². The van der Waals surface area contributed by atoms with E-state index in [4.69, 9.17) is 5.73 Å². The van der Waals surface area contributed by atoms with Crippen LogP contribution in [0.4, 0.5) is 5.69 Å². The van der Waals surface area contributed by atoms with Crippen LogP contribution in [-0.4, -0.2) is 29.5 Å². The third-order valence-electron chi connectivity index (χ3n) is 3.05. The third kappa shape index (κ3) is 3.96. The van der Waals surface area contributed by atoms with Crippen molar-refractivity contribution in [3.8, 4) is 0 Å². The van der Waals surface area contributed by atoms with E-state index < -0.39 is 6.04 Å². The van der Waals surface area contributed by atoms with Crippen molar-refractivity contribution in [1.29, 1.82) is 0 Å². The van der Waals surface area contributed by atoms with E-state index in [1.165, 1.54) is 0 Å². The molecule has 0 fully saturated rings. The molecule has 1 aromatic carbocycles. The van der Waals surface area contributed by atoms with Crippen molar-refractivity contribution in [1.82, 2.24) is 9.88 Å². The highest BCUT2D eigenvalue weighted by Crippen LogP contribution is 2.20. The molecule has 0 radical (unpaired) electrons. The Morgan fingerprint density at radius 1 is 1.33 bits per heavy atom. The number of amides is 2. The average Bonchev–Trinajstić information content (AvgIpc) is 2.81. The summed E-state index contributed by atoms with van der Waals surface area (Å²) in [4.78, 5) is 23.0. The molecule has 7 heteroatoms. The minimum atomic E-state index is -0.566. The quantitative estimate of drug-likeness (QED) is 0.790. The number of anilines is 1. The number of carbonyl (C=O) groups is 2. The first-order valence-electron chi connectivity index (χ1n) is 6.37. The monoisotopic (exact) mass is 310 g/mol. The molecule has 21 heavy (non-hydrogen) atoms. The minimum absolute atomic E-state index is 0. The lowest BCUT2D eigenvalue weighted by Gasteiger charge is -2.09. The highest BCUT2D eigenvalue weighted by atomic mass is 35.5. The number of nitrogens with two attached hydrogens (primary N) is 1. The Balaban J connectivity index is 0.00000220. The first-order chi connectivity index (χ1) is 9.51. The molecule has 0 aliphatic rings. The predicted molar refractivity (Wildman–Crippen MR) is 85.5 cm³/mol. The lowest BCUT2D eigenvalue weighted by molar-refractivity contribution is -0.121. The molecule has 0 bridgehead atoms. The first-order valence-corrected chi connectivity index (χ1v) is 6.37. The molecule has 4 N–H and O–H groups in total. The molecule has 1 heterocycles. The summed E-state index contributed by atoms with van der Waals surface area (Å²) in [5.74, 6) is -0.318. The van der Waals surface area contributed by atoms with Crippen molar-refractivity contribution in [2.75, 3.05) is 12.4 Å². The van der Waals surface area contributed by atoms with Gasteiger partial charge in [-0.15, -0.1) is 12.4 Å². The highest BCUT2D eigenvalue weighted by molar-refractivity contribution is 5.96. The molecule has 2 aromatic rings. The minimum Gasteiger partial charge on any atom is -0.358 e. The Bertz CT molecular complexity index is 651. The highest BCUT2D eigenvalue weighted by Gasteiger charge is 2.09. The van der Waals surface area contributed by atoms with E-state index in [2.05, 4.69) is 10.6 Å². The van der Waals surface area contributed by atoms with Crippen LogP contribution < -0.4 is 16.4 Å². The van der Waals surface area contributed by atoms with Crippen LogP contribution in [0, 0.1) is 0 Å². The zero-order chi connectivity index (χ0) is 14.7. The zero-order valence-corrected chi connectivity index (χ0v) is 12.7. The van der Waals surface area contributed by atoms with E-state index in [9.17, 15) is 9.59 Å². The summed E-state index contributed by atoms with van der Waals surface area (Å²) in [7, 11) is 1.60. The number of rotatable bonds is 4. The summed E-state index contributed by atoms with van der Waals surface area (Å²) in [6.07, 6.45) is 1.84. The van der Waals surface area contributed by atoms with Crippen LogP contribution >= 0.6 is 12.4 Å². The van der Waals surface area contributed by atoms with Crippen molar-refractivity contribution in [2.24, 2.45) is 5.73 Å². The molecule has 0 aliphatic heterocycles. The van der Waals surface area contributed by atoms with Crippen LogP contribution in [0.2, 0.25) is 0 Å². The summed E-state index contributed by atoms with van der Waals surface area (Å²) in [5.41, 5.74) is 7.07. The SMILES string of the molecule is CNC(=O)Cn1ccc2ccc(NC(=O)[C@@H](C)N)cc21.Cl. The molecular weight excluding hydrogens is 292 g/mol. The first kappa shape index (κ1) is 17.0. The van der Waals surface area contributed by atoms with Gasteiger partial charge in [-0.05, 0) is 30.5 Å². The van der Waals surface area contributed by atoms with Gasteiger partial charge in [0.15, 0.2) is 0 Å². The molecule has 1 atom stereocenters. The number of carbonyl (C=O) groups excluding carboxylic acids is 2. The van der Waals surface area contributed by atoms with E-state index in [0.29, 0.717) is 5.69 Å². The number of fused-ring (bicyclic) bond motifs is 1. The number of hydrogen-bond donors (Lipinski definition) is 3. The van der Waals surface area contributed by atoms with Gasteiger partial charge < -0.3 is 20.9 Å². The number of aromatic nitrogens is 1. The molecule has 0 unspecified atom stereocenters. The normalized spacial score (nSPS) is 11.6. The number of nitrogens with one attached hydrogen (secondary N) is 2. The Hall–Kier alpha value is -2.05. The van der Waals surface area contributed by atoms with Gasteiger partial charge in [-0.2, -0.15) is 0 Å². The van der Waals surface area contributed by atoms with Gasteiger partial charge in [-0.1, -0.05) is 6.07 Å². The van der Waals surface area contributed by atoms with Crippen LogP contribution in [-0.2, 0) is 16.1 Å². The van der Waals surface area contributed by atoms with Crippen molar-refractivity contribution in [2.45, 2.75) is 19.5 Å². The standard InChI is InChI=1S/C14H18N4O2.ClH/c1-9(15)14(20)17-11-4-3-10-5-6-18(12(10)7-11)8-13(19)16-2;/h3-7,9H,8,15H2,1-2H3,(H,16,19)(H,17,20);1H/t9-;/m1./s1. The topological polar surface area (TPSA) is 89.2 Å². The van der Waals surface area contributed by atoms with Crippen LogP contribution in [0.1, 0.15) is 6.92 Å². The van der Waals surface area contributed by atoms with Gasteiger partial charge in [-0.25, -0.2) is 0 Å². The Kier molecular flexibility index (Phi) is 5.75. The number of nitrogens with zero attached hydrogens (tertiary/aromatic N) is 1. The average molecular weight is 311 g/mol. The van der Waals surface area contributed by atoms with Gasteiger partial charge in [-0.3, -0.25) is 9.59 Å². The largest absolute Gasteiger partial charge is 0.358 e. The van der Waals surface area contributed by atoms with E-state index in [0.717, 1.165) is 10.9 Å². The van der Waals surface area contributed by atoms with E-state index in [1.54, 1.807) is 14.0 Å². The second-order valence-electron chi connectivity index (χ2n) is 4.67. The summed E-state index contributed by atoms with van der Waals surface area (Å²) < 4.78 is 1.83. The van der Waals surface area contributed by atoms with Gasteiger partial charge in [0.05, 0.1) is 11.6 Å². The number of halogens is 1. The van der Waals surface area contributed by atoms with Crippen molar-refractivity contribution in [3.05, 3.63) is 30.5 Å². The van der Waals surface area contributed by atoms with Crippen molar-refractivity contribution < 1.29 is 9.59 Å². The fourth-order valence-electron chi connectivity index (χ4n) is 1.89. The van der Waals surface area contributed by atoms with Gasteiger partial charge >= 0.3 is 0 Å². The van der Waals surface area contributed by atoms with E-state index in [-0.39, 0.29) is 30.8 Å². The number of likely N-dealkylation sites (N-methyl/N-ethyl adjacent to an activating group) is 1. The Morgan fingerprint density at radius 3 is 2.67 bits per heavy atom. The maximum Gasteiger partial charge on any atom is 0.240 e. The summed E-state index contributed by atoms with van der Waals surface area (Å²) >= 11 is 0. The maximum atomic E-state index is 11.6. The number of hydrogen-bond acceptors (Lipinski definition) is 3. The molecule has 0 spiro atoms. The second-order valence-corrected chi connectivity index (χ2v) is 4.67. The van der Waals surface area contributed by atoms with Crippen molar-refractivity contribution in [3.63, 3.8) is 0 Å². The number of benzene rings is 1. The van der Waals surface area contributed by atoms with Gasteiger partial charge in [0.25, 0.3) is 0 Å². The summed E-state index contributed by atoms with van der Waals surface area (Å²) in [5, 5.41) is 6.33. The fourth-order valence-corrected chi connectivity index (χ4v) is 1.89. The zero-order valence-electron chi connectivity index (χ0n) is 11.9. The van der Waals surface area contributed by atoms with E-state index >= 15 is 0 Å². The molecule has 6 nitrogen and oxygen atoms in total. The van der Waals surface area contributed by atoms with Crippen LogP contribution in [0.25, 0.3) is 10.9 Å². The smallest absolute Gasteiger partial charge is 0.240 e. The summed E-state index contributed by atoms with van der Waals surface area (Å²) in [6, 6.07) is 6.90. The van der Waals surface area contributed by atoms with Gasteiger partial charge in [0.1, 0.15) is 6.54 Å². The molecule has 0 saturated carbocycles. The van der Waals surface area contributed by atoms with Crippen LogP contribution in [0.15, 0.2) is 30.5 Å². The Labute approximate surface area is 129 Å². The third-order valence-corrected chi connectivity index (χ3v) is 3.05. The molecule has 0 saturated heterocycles. The lowest BCUT2D eigenvalue weighted by Crippen LogP contribution is -2.32. The molecule has 1 aromatic heterocycles. The molecule has 2 amide bonds. The lowest BCUT2D eigenvalue weighted by atomic mass is 10.2. The molecule has 2 rings (SSSR count). The fraction of sp³-hybridized carbons (Fsp3) is 0.286. The van der Waals surface area contributed by atoms with Crippen LogP contribution in [0.3, 0.4) is 0 Å². The predicted octanol–water partition coefficient (Wildman–Crippen LogP) is 1.09. The van der Waals surface area contributed by atoms with Gasteiger partial charge in [0.2, 0.25) is 11.8 Å². The second kappa shape index (κ2) is 7.10. The van der Waals surface area contributed by atoms with Crippen LogP contribution in [0.5, 0.6) is 0 Å². The molecule has 0 aliphatic carbocycles. The Morgan fingerprint density at radius 2 is 2.05 bits per heavy atom. The molecular formula is C14H19ClN4O2. The maximum absolute atomic E-state index is 11.6. The van der Waals surface area contributed by atoms with Gasteiger partial charge in [0, 0.05) is 18.9 Å².